The number of nitro benzene ring substituents is 1. The molecule has 2 rings (SSSR count). The molecule has 0 radical (unpaired) electrons. The minimum absolute atomic E-state index is 0.132. The fourth-order valence-electron chi connectivity index (χ4n) is 1.73. The first-order valence-electron chi connectivity index (χ1n) is 5.33. The van der Waals surface area contributed by atoms with Crippen molar-refractivity contribution in [3.8, 4) is 11.5 Å². The number of hydrogen-bond donors (Lipinski definition) is 1. The lowest BCUT2D eigenvalue weighted by Crippen LogP contribution is -2.46. The summed E-state index contributed by atoms with van der Waals surface area (Å²) in [5, 5.41) is 10.8. The van der Waals surface area contributed by atoms with E-state index in [2.05, 4.69) is 0 Å². The van der Waals surface area contributed by atoms with E-state index in [0.29, 0.717) is 12.1 Å². The predicted molar refractivity (Wildman–Crippen MR) is 57.1 cm³/mol. The Morgan fingerprint density at radius 2 is 1.71 bits per heavy atom. The summed E-state index contributed by atoms with van der Waals surface area (Å²) in [6, 6.07) is -1.60. The van der Waals surface area contributed by atoms with Gasteiger partial charge in [0.15, 0.2) is 11.5 Å². The van der Waals surface area contributed by atoms with Gasteiger partial charge in [-0.15, -0.1) is 0 Å². The average Bonchev–Trinajstić information content (AvgIpc) is 2.81. The molecule has 1 heterocycles. The molecule has 0 aliphatic carbocycles. The van der Waals surface area contributed by atoms with E-state index in [1.54, 1.807) is 0 Å². The number of ether oxygens (including phenoxy) is 2. The number of fused-ring (bicyclic) bond motifs is 1. The molecule has 0 unspecified atom stereocenters. The van der Waals surface area contributed by atoms with E-state index in [9.17, 15) is 32.1 Å². The summed E-state index contributed by atoms with van der Waals surface area (Å²) in [4.78, 5) is 9.71. The van der Waals surface area contributed by atoms with Crippen LogP contribution in [0.2, 0.25) is 0 Å². The fraction of sp³-hybridized carbons (Fsp3) is 0.400. The summed E-state index contributed by atoms with van der Waals surface area (Å²) >= 11 is 0. The first-order chi connectivity index (χ1) is 9.55. The lowest BCUT2D eigenvalue weighted by atomic mass is 9.98. The van der Waals surface area contributed by atoms with Gasteiger partial charge >= 0.3 is 12.1 Å². The third kappa shape index (κ3) is 2.44. The van der Waals surface area contributed by atoms with Crippen molar-refractivity contribution >= 4 is 5.69 Å². The summed E-state index contributed by atoms with van der Waals surface area (Å²) in [5.74, 6) is -5.66. The molecular formula is C10H7F5N2O4. The maximum absolute atomic E-state index is 13.3. The molecule has 0 saturated carbocycles. The van der Waals surface area contributed by atoms with E-state index in [1.165, 1.54) is 0 Å². The number of nitrogens with zero attached hydrogens (tertiary/aromatic N) is 1. The van der Waals surface area contributed by atoms with Crippen LogP contribution in [0.1, 0.15) is 11.6 Å². The number of halogens is 5. The quantitative estimate of drug-likeness (QED) is 0.526. The summed E-state index contributed by atoms with van der Waals surface area (Å²) in [5.41, 5.74) is 2.92. The molecule has 1 aromatic rings. The Kier molecular flexibility index (Phi) is 3.40. The van der Waals surface area contributed by atoms with E-state index in [1.807, 2.05) is 0 Å². The van der Waals surface area contributed by atoms with Gasteiger partial charge in [0.05, 0.1) is 16.6 Å². The van der Waals surface area contributed by atoms with Gasteiger partial charge in [-0.25, -0.2) is 0 Å². The summed E-state index contributed by atoms with van der Waals surface area (Å²) in [7, 11) is 0. The molecule has 1 aliphatic rings. The fourth-order valence-corrected chi connectivity index (χ4v) is 1.73. The minimum Gasteiger partial charge on any atom is -0.454 e. The van der Waals surface area contributed by atoms with Crippen molar-refractivity contribution < 1.29 is 36.3 Å². The molecule has 21 heavy (non-hydrogen) atoms. The second-order valence-electron chi connectivity index (χ2n) is 4.12. The SMILES string of the molecule is N[C@H](c1cc2c(cc1[N+](=O)[O-])OCO2)C(F)(F)C(F)(F)F. The number of nitrogens with two attached hydrogens (primary N) is 1. The lowest BCUT2D eigenvalue weighted by Gasteiger charge is -2.25. The molecule has 0 saturated heterocycles. The highest BCUT2D eigenvalue weighted by atomic mass is 19.4. The minimum atomic E-state index is -5.95. The zero-order valence-electron chi connectivity index (χ0n) is 9.99. The van der Waals surface area contributed by atoms with Crippen LogP contribution in [0, 0.1) is 10.1 Å². The summed E-state index contributed by atoms with van der Waals surface area (Å²) in [6.07, 6.45) is -5.95. The Bertz CT molecular complexity index is 590. The lowest BCUT2D eigenvalue weighted by molar-refractivity contribution is -0.386. The van der Waals surface area contributed by atoms with Gasteiger partial charge in [-0.2, -0.15) is 22.0 Å². The van der Waals surface area contributed by atoms with Crippen molar-refractivity contribution in [3.05, 3.63) is 27.8 Å². The zero-order valence-corrected chi connectivity index (χ0v) is 9.99. The maximum atomic E-state index is 13.3. The van der Waals surface area contributed by atoms with Crippen LogP contribution in [0.4, 0.5) is 27.6 Å². The van der Waals surface area contributed by atoms with E-state index < -0.39 is 34.3 Å². The normalized spacial score (nSPS) is 15.9. The Balaban J connectivity index is 2.55. The van der Waals surface area contributed by atoms with Crippen LogP contribution in [0.3, 0.4) is 0 Å². The zero-order chi connectivity index (χ0) is 16.0. The molecule has 1 aromatic carbocycles. The van der Waals surface area contributed by atoms with E-state index in [-0.39, 0.29) is 18.3 Å². The van der Waals surface area contributed by atoms with Gasteiger partial charge in [0.25, 0.3) is 5.69 Å². The van der Waals surface area contributed by atoms with Crippen molar-refractivity contribution in [2.45, 2.75) is 18.1 Å². The Labute approximate surface area is 113 Å². The Morgan fingerprint density at radius 3 is 2.19 bits per heavy atom. The molecule has 0 fully saturated rings. The van der Waals surface area contributed by atoms with Gasteiger partial charge in [0, 0.05) is 0 Å². The van der Waals surface area contributed by atoms with Crippen molar-refractivity contribution in [2.75, 3.05) is 6.79 Å². The average molecular weight is 314 g/mol. The van der Waals surface area contributed by atoms with Gasteiger partial charge < -0.3 is 15.2 Å². The van der Waals surface area contributed by atoms with Crippen molar-refractivity contribution in [1.29, 1.82) is 0 Å². The van der Waals surface area contributed by atoms with Crippen LogP contribution in [-0.2, 0) is 0 Å². The highest BCUT2D eigenvalue weighted by Gasteiger charge is 2.62. The van der Waals surface area contributed by atoms with Crippen molar-refractivity contribution in [3.63, 3.8) is 0 Å². The van der Waals surface area contributed by atoms with E-state index >= 15 is 0 Å². The largest absolute Gasteiger partial charge is 0.455 e. The predicted octanol–water partition coefficient (Wildman–Crippen LogP) is 2.52. The van der Waals surface area contributed by atoms with Crippen molar-refractivity contribution in [2.24, 2.45) is 5.73 Å². The maximum Gasteiger partial charge on any atom is 0.455 e. The molecule has 11 heteroatoms. The van der Waals surface area contributed by atoms with Crippen molar-refractivity contribution in [1.82, 2.24) is 0 Å². The highest BCUT2D eigenvalue weighted by molar-refractivity contribution is 5.56. The molecular weight excluding hydrogens is 307 g/mol. The monoisotopic (exact) mass is 314 g/mol. The van der Waals surface area contributed by atoms with Crippen LogP contribution >= 0.6 is 0 Å². The molecule has 116 valence electrons. The molecule has 0 bridgehead atoms. The van der Waals surface area contributed by atoms with Gasteiger partial charge in [-0.3, -0.25) is 10.1 Å². The standard InChI is InChI=1S/C10H7F5N2O4/c11-9(12,10(13,14)15)8(16)4-1-6-7(21-3-20-6)2-5(4)17(18)19/h1-2,8H,3,16H2/t8-/m1/s1. The number of nitro groups is 1. The smallest absolute Gasteiger partial charge is 0.454 e. The van der Waals surface area contributed by atoms with Gasteiger partial charge in [0.2, 0.25) is 6.79 Å². The summed E-state index contributed by atoms with van der Waals surface area (Å²) in [6.45, 7) is -0.332. The number of alkyl halides is 5. The molecule has 0 spiro atoms. The number of benzene rings is 1. The third-order valence-electron chi connectivity index (χ3n) is 2.82. The van der Waals surface area contributed by atoms with Crippen LogP contribution in [0.5, 0.6) is 11.5 Å². The van der Waals surface area contributed by atoms with E-state index in [0.717, 1.165) is 0 Å². The van der Waals surface area contributed by atoms with Crippen LogP contribution < -0.4 is 15.2 Å². The van der Waals surface area contributed by atoms with Gasteiger partial charge in [-0.05, 0) is 6.07 Å². The molecule has 0 aromatic heterocycles. The molecule has 6 nitrogen and oxygen atoms in total. The molecule has 1 aliphatic heterocycles. The molecule has 0 amide bonds. The Morgan fingerprint density at radius 1 is 1.19 bits per heavy atom. The summed E-state index contributed by atoms with van der Waals surface area (Å²) < 4.78 is 73.1. The second kappa shape index (κ2) is 4.69. The van der Waals surface area contributed by atoms with Crippen LogP contribution in [-0.4, -0.2) is 23.8 Å². The number of hydrogen-bond acceptors (Lipinski definition) is 5. The molecule has 2 N–H and O–H groups in total. The molecule has 1 atom stereocenters. The second-order valence-corrected chi connectivity index (χ2v) is 4.12. The van der Waals surface area contributed by atoms with Gasteiger partial charge in [0.1, 0.15) is 6.04 Å². The first-order valence-corrected chi connectivity index (χ1v) is 5.33. The van der Waals surface area contributed by atoms with Crippen LogP contribution in [0.25, 0.3) is 0 Å². The van der Waals surface area contributed by atoms with Gasteiger partial charge in [-0.1, -0.05) is 0 Å². The topological polar surface area (TPSA) is 87.6 Å². The number of rotatable bonds is 3. The van der Waals surface area contributed by atoms with E-state index in [4.69, 9.17) is 15.2 Å². The first kappa shape index (κ1) is 15.2. The van der Waals surface area contributed by atoms with Crippen LogP contribution in [0.15, 0.2) is 12.1 Å². The Hall–Kier alpha value is -2.17. The third-order valence-corrected chi connectivity index (χ3v) is 2.82. The highest BCUT2D eigenvalue weighted by Crippen LogP contribution is 2.47.